The third-order valence-corrected chi connectivity index (χ3v) is 3.49. The lowest BCUT2D eigenvalue weighted by Crippen LogP contribution is -2.40. The molecular weight excluding hydrogens is 336 g/mol. The van der Waals surface area contributed by atoms with Crippen LogP contribution in [-0.2, 0) is 4.79 Å². The first-order valence-corrected chi connectivity index (χ1v) is 7.53. The van der Waals surface area contributed by atoms with E-state index in [1.807, 2.05) is 6.92 Å². The van der Waals surface area contributed by atoms with Gasteiger partial charge in [-0.1, -0.05) is 22.9 Å². The standard InChI is InChI=1S/C15H21BrN2O3/c1-5-8-18(10-14(19)17(2)3)15(20)12-7-6-11(16)9-13(12)21-4/h6-7,9H,5,8,10H2,1-4H3. The van der Waals surface area contributed by atoms with Gasteiger partial charge in [0.15, 0.2) is 0 Å². The molecule has 1 aromatic rings. The molecule has 0 unspecified atom stereocenters. The lowest BCUT2D eigenvalue weighted by atomic mass is 10.1. The Morgan fingerprint density at radius 3 is 2.48 bits per heavy atom. The van der Waals surface area contributed by atoms with Crippen molar-refractivity contribution in [3.05, 3.63) is 28.2 Å². The number of likely N-dealkylation sites (N-methyl/N-ethyl adjacent to an activating group) is 1. The smallest absolute Gasteiger partial charge is 0.258 e. The van der Waals surface area contributed by atoms with Gasteiger partial charge in [-0.25, -0.2) is 0 Å². The van der Waals surface area contributed by atoms with Crippen LogP contribution in [0.5, 0.6) is 5.75 Å². The van der Waals surface area contributed by atoms with Crippen molar-refractivity contribution in [2.45, 2.75) is 13.3 Å². The fourth-order valence-electron chi connectivity index (χ4n) is 1.84. The number of halogens is 1. The van der Waals surface area contributed by atoms with E-state index in [4.69, 9.17) is 4.74 Å². The van der Waals surface area contributed by atoms with E-state index in [2.05, 4.69) is 15.9 Å². The zero-order chi connectivity index (χ0) is 16.0. The molecule has 0 aliphatic heterocycles. The lowest BCUT2D eigenvalue weighted by Gasteiger charge is -2.24. The van der Waals surface area contributed by atoms with Crippen molar-refractivity contribution in [2.24, 2.45) is 0 Å². The predicted octanol–water partition coefficient (Wildman–Crippen LogP) is 2.40. The summed E-state index contributed by atoms with van der Waals surface area (Å²) in [6.45, 7) is 2.57. The normalized spacial score (nSPS) is 10.1. The van der Waals surface area contributed by atoms with Crippen molar-refractivity contribution >= 4 is 27.7 Å². The summed E-state index contributed by atoms with van der Waals surface area (Å²) in [7, 11) is 4.88. The van der Waals surface area contributed by atoms with Gasteiger partial charge in [0, 0.05) is 25.1 Å². The molecule has 1 rings (SSSR count). The Hall–Kier alpha value is -1.56. The molecule has 21 heavy (non-hydrogen) atoms. The van der Waals surface area contributed by atoms with Gasteiger partial charge < -0.3 is 14.5 Å². The molecule has 116 valence electrons. The van der Waals surface area contributed by atoms with Crippen molar-refractivity contribution in [3.8, 4) is 5.75 Å². The van der Waals surface area contributed by atoms with Crippen molar-refractivity contribution in [3.63, 3.8) is 0 Å². The van der Waals surface area contributed by atoms with Crippen molar-refractivity contribution in [2.75, 3.05) is 34.3 Å². The Bertz CT molecular complexity index is 518. The van der Waals surface area contributed by atoms with Gasteiger partial charge in [-0.3, -0.25) is 9.59 Å². The first-order chi connectivity index (χ1) is 9.90. The second-order valence-electron chi connectivity index (χ2n) is 4.86. The van der Waals surface area contributed by atoms with Crippen LogP contribution >= 0.6 is 15.9 Å². The van der Waals surface area contributed by atoms with Crippen molar-refractivity contribution in [1.82, 2.24) is 9.80 Å². The Kier molecular flexibility index (Phi) is 6.68. The molecule has 0 bridgehead atoms. The fraction of sp³-hybridized carbons (Fsp3) is 0.467. The summed E-state index contributed by atoms with van der Waals surface area (Å²) < 4.78 is 6.09. The quantitative estimate of drug-likeness (QED) is 0.786. The van der Waals surface area contributed by atoms with Crippen molar-refractivity contribution in [1.29, 1.82) is 0 Å². The monoisotopic (exact) mass is 356 g/mol. The van der Waals surface area contributed by atoms with Gasteiger partial charge in [-0.05, 0) is 24.6 Å². The molecule has 1 aromatic carbocycles. The summed E-state index contributed by atoms with van der Waals surface area (Å²) in [4.78, 5) is 27.5. The molecule has 2 amide bonds. The van der Waals surface area contributed by atoms with E-state index in [1.54, 1.807) is 37.2 Å². The highest BCUT2D eigenvalue weighted by Gasteiger charge is 2.22. The van der Waals surface area contributed by atoms with Crippen LogP contribution < -0.4 is 4.74 Å². The van der Waals surface area contributed by atoms with E-state index >= 15 is 0 Å². The molecule has 0 aliphatic rings. The molecule has 0 aliphatic carbocycles. The highest BCUT2D eigenvalue weighted by Crippen LogP contribution is 2.24. The highest BCUT2D eigenvalue weighted by atomic mass is 79.9. The molecule has 5 nitrogen and oxygen atoms in total. The number of nitrogens with zero attached hydrogens (tertiary/aromatic N) is 2. The average molecular weight is 357 g/mol. The Morgan fingerprint density at radius 1 is 1.29 bits per heavy atom. The van der Waals surface area contributed by atoms with E-state index in [9.17, 15) is 9.59 Å². The van der Waals surface area contributed by atoms with Crippen molar-refractivity contribution < 1.29 is 14.3 Å². The summed E-state index contributed by atoms with van der Waals surface area (Å²) in [6.07, 6.45) is 0.783. The van der Waals surface area contributed by atoms with E-state index < -0.39 is 0 Å². The Morgan fingerprint density at radius 2 is 1.95 bits per heavy atom. The molecule has 0 saturated heterocycles. The molecule has 0 N–H and O–H groups in total. The number of hydrogen-bond donors (Lipinski definition) is 0. The summed E-state index contributed by atoms with van der Waals surface area (Å²) in [5.41, 5.74) is 0.459. The topological polar surface area (TPSA) is 49.9 Å². The van der Waals surface area contributed by atoms with Crippen LogP contribution in [0.1, 0.15) is 23.7 Å². The number of benzene rings is 1. The number of carbonyl (C=O) groups is 2. The first kappa shape index (κ1) is 17.5. The average Bonchev–Trinajstić information content (AvgIpc) is 2.45. The van der Waals surface area contributed by atoms with E-state index in [0.717, 1.165) is 10.9 Å². The molecule has 6 heteroatoms. The maximum absolute atomic E-state index is 12.6. The molecule has 0 spiro atoms. The van der Waals surface area contributed by atoms with Crippen LogP contribution in [0.3, 0.4) is 0 Å². The predicted molar refractivity (Wildman–Crippen MR) is 85.6 cm³/mol. The molecular formula is C15H21BrN2O3. The Balaban J connectivity index is 3.03. The minimum Gasteiger partial charge on any atom is -0.496 e. The fourth-order valence-corrected chi connectivity index (χ4v) is 2.18. The number of methoxy groups -OCH3 is 1. The van der Waals surface area contributed by atoms with Gasteiger partial charge in [0.05, 0.1) is 12.7 Å². The molecule has 0 aromatic heterocycles. The second kappa shape index (κ2) is 8.02. The maximum Gasteiger partial charge on any atom is 0.258 e. The van der Waals surface area contributed by atoms with Crippen LogP contribution in [0.15, 0.2) is 22.7 Å². The maximum atomic E-state index is 12.6. The third kappa shape index (κ3) is 4.74. The van der Waals surface area contributed by atoms with Crippen LogP contribution in [0.2, 0.25) is 0 Å². The number of hydrogen-bond acceptors (Lipinski definition) is 3. The summed E-state index contributed by atoms with van der Waals surface area (Å²) >= 11 is 3.35. The minimum absolute atomic E-state index is 0.0683. The zero-order valence-electron chi connectivity index (χ0n) is 12.9. The molecule has 0 atom stereocenters. The van der Waals surface area contributed by atoms with E-state index in [-0.39, 0.29) is 18.4 Å². The number of carbonyl (C=O) groups excluding carboxylic acids is 2. The minimum atomic E-state index is -0.198. The molecule has 0 saturated carbocycles. The molecule has 0 fully saturated rings. The number of amides is 2. The van der Waals surface area contributed by atoms with E-state index in [1.165, 1.54) is 12.0 Å². The van der Waals surface area contributed by atoms with Crippen LogP contribution in [0.4, 0.5) is 0 Å². The summed E-state index contributed by atoms with van der Waals surface area (Å²) in [6, 6.07) is 5.23. The largest absolute Gasteiger partial charge is 0.496 e. The Labute approximate surface area is 134 Å². The summed E-state index contributed by atoms with van der Waals surface area (Å²) in [5.74, 6) is 0.192. The first-order valence-electron chi connectivity index (χ1n) is 6.73. The molecule has 0 heterocycles. The highest BCUT2D eigenvalue weighted by molar-refractivity contribution is 9.10. The lowest BCUT2D eigenvalue weighted by molar-refractivity contribution is -0.129. The van der Waals surface area contributed by atoms with Crippen LogP contribution in [-0.4, -0.2) is 55.9 Å². The van der Waals surface area contributed by atoms with Crippen LogP contribution in [0, 0.1) is 0 Å². The third-order valence-electron chi connectivity index (χ3n) is 3.00. The second-order valence-corrected chi connectivity index (χ2v) is 5.78. The van der Waals surface area contributed by atoms with Gasteiger partial charge in [-0.2, -0.15) is 0 Å². The van der Waals surface area contributed by atoms with E-state index in [0.29, 0.717) is 17.9 Å². The number of rotatable bonds is 6. The van der Waals surface area contributed by atoms with Crippen LogP contribution in [0.25, 0.3) is 0 Å². The van der Waals surface area contributed by atoms with Gasteiger partial charge in [0.2, 0.25) is 5.91 Å². The van der Waals surface area contributed by atoms with Gasteiger partial charge in [0.1, 0.15) is 12.3 Å². The summed E-state index contributed by atoms with van der Waals surface area (Å²) in [5, 5.41) is 0. The number of ether oxygens (including phenoxy) is 1. The van der Waals surface area contributed by atoms with Gasteiger partial charge in [0.25, 0.3) is 5.91 Å². The van der Waals surface area contributed by atoms with Gasteiger partial charge in [-0.15, -0.1) is 0 Å². The SMILES string of the molecule is CCCN(CC(=O)N(C)C)C(=O)c1ccc(Br)cc1OC. The zero-order valence-corrected chi connectivity index (χ0v) is 14.4. The van der Waals surface area contributed by atoms with Gasteiger partial charge >= 0.3 is 0 Å². The molecule has 0 radical (unpaired) electrons.